The molecule has 4 heteroatoms. The maximum atomic E-state index is 14.3. The van der Waals surface area contributed by atoms with Gasteiger partial charge in [-0.25, -0.2) is 4.68 Å². The molecule has 0 saturated heterocycles. The van der Waals surface area contributed by atoms with Gasteiger partial charge in [0.2, 0.25) is 0 Å². The van der Waals surface area contributed by atoms with E-state index in [1.807, 2.05) is 28.9 Å². The lowest BCUT2D eigenvalue weighted by Gasteiger charge is -2.61. The fourth-order valence-electron chi connectivity index (χ4n) is 9.72. The van der Waals surface area contributed by atoms with Gasteiger partial charge < -0.3 is 0 Å². The van der Waals surface area contributed by atoms with E-state index in [-0.39, 0.29) is 11.3 Å². The molecule has 4 nitrogen and oxygen atoms in total. The van der Waals surface area contributed by atoms with Gasteiger partial charge in [0.15, 0.2) is 5.78 Å². The van der Waals surface area contributed by atoms with Gasteiger partial charge in [0.1, 0.15) is 11.1 Å². The molecule has 1 aromatic carbocycles. The predicted octanol–water partition coefficient (Wildman–Crippen LogP) is 7.03. The minimum absolute atomic E-state index is 0.133. The van der Waals surface area contributed by atoms with Crippen LogP contribution in [-0.4, -0.2) is 20.8 Å². The van der Waals surface area contributed by atoms with E-state index in [4.69, 9.17) is 0 Å². The monoisotopic (exact) mass is 461 g/mol. The quantitative estimate of drug-likeness (QED) is 0.493. The first-order valence-corrected chi connectivity index (χ1v) is 14.0. The van der Waals surface area contributed by atoms with Gasteiger partial charge in [-0.1, -0.05) is 44.5 Å². The Kier molecular flexibility index (Phi) is 5.11. The smallest absolute Gasteiger partial charge is 0.163 e. The van der Waals surface area contributed by atoms with E-state index in [1.165, 1.54) is 51.4 Å². The Morgan fingerprint density at radius 2 is 1.71 bits per heavy atom. The Balaban J connectivity index is 1.28. The lowest BCUT2D eigenvalue weighted by Crippen LogP contribution is -2.54. The summed E-state index contributed by atoms with van der Waals surface area (Å²) in [5.74, 6) is 4.75. The summed E-state index contributed by atoms with van der Waals surface area (Å²) in [7, 11) is 0. The third kappa shape index (κ3) is 3.05. The molecule has 4 fully saturated rings. The van der Waals surface area contributed by atoms with Crippen LogP contribution < -0.4 is 0 Å². The van der Waals surface area contributed by atoms with Crippen molar-refractivity contribution in [2.75, 3.05) is 0 Å². The van der Waals surface area contributed by atoms with Crippen LogP contribution in [0.5, 0.6) is 0 Å². The van der Waals surface area contributed by atoms with Gasteiger partial charge in [0.25, 0.3) is 0 Å². The highest BCUT2D eigenvalue weighted by molar-refractivity contribution is 5.90. The molecule has 4 aliphatic rings. The number of ketones is 1. The number of benzene rings is 1. The van der Waals surface area contributed by atoms with Gasteiger partial charge in [-0.2, -0.15) is 0 Å². The van der Waals surface area contributed by atoms with Gasteiger partial charge in [-0.15, -0.1) is 5.10 Å². The summed E-state index contributed by atoms with van der Waals surface area (Å²) >= 11 is 0. The third-order valence-corrected chi connectivity index (χ3v) is 11.7. The van der Waals surface area contributed by atoms with Crippen molar-refractivity contribution in [3.05, 3.63) is 24.3 Å². The molecule has 0 bridgehead atoms. The maximum Gasteiger partial charge on any atom is 0.163 e. The summed E-state index contributed by atoms with van der Waals surface area (Å²) < 4.78 is 1.89. The van der Waals surface area contributed by atoms with Gasteiger partial charge in [-0.05, 0) is 118 Å². The van der Waals surface area contributed by atoms with Crippen LogP contribution >= 0.6 is 0 Å². The van der Waals surface area contributed by atoms with Crippen molar-refractivity contribution in [1.29, 1.82) is 0 Å². The second-order valence-corrected chi connectivity index (χ2v) is 13.6. The number of hydrogen-bond acceptors (Lipinski definition) is 3. The largest absolute Gasteiger partial charge is 0.297 e. The molecule has 0 amide bonds. The first kappa shape index (κ1) is 22.7. The molecule has 4 aliphatic carbocycles. The SMILES string of the molecule is CC1CCC2(C)C(CCC3C2CC[C@@]2(C)C3CC[C@@H]2C(=O)C(C)(C)n2nnc3ccccc32)C1. The van der Waals surface area contributed by atoms with Crippen molar-refractivity contribution in [2.24, 2.45) is 46.3 Å². The lowest BCUT2D eigenvalue weighted by atomic mass is 9.44. The summed E-state index contributed by atoms with van der Waals surface area (Å²) in [6.45, 7) is 11.7. The van der Waals surface area contributed by atoms with Crippen LogP contribution in [-0.2, 0) is 10.3 Å². The molecule has 34 heavy (non-hydrogen) atoms. The van der Waals surface area contributed by atoms with Crippen molar-refractivity contribution < 1.29 is 4.79 Å². The number of para-hydroxylation sites is 1. The van der Waals surface area contributed by atoms with Crippen molar-refractivity contribution in [2.45, 2.75) is 97.9 Å². The molecule has 6 rings (SSSR count). The molecule has 0 aliphatic heterocycles. The summed E-state index contributed by atoms with van der Waals surface area (Å²) in [5.41, 5.74) is 1.82. The average Bonchev–Trinajstić information content (AvgIpc) is 3.40. The first-order valence-electron chi connectivity index (χ1n) is 14.0. The zero-order valence-electron chi connectivity index (χ0n) is 21.9. The molecule has 1 aromatic heterocycles. The third-order valence-electron chi connectivity index (χ3n) is 11.7. The van der Waals surface area contributed by atoms with Crippen LogP contribution in [0.4, 0.5) is 0 Å². The van der Waals surface area contributed by atoms with Crippen molar-refractivity contribution in [1.82, 2.24) is 15.0 Å². The topological polar surface area (TPSA) is 47.8 Å². The molecule has 1 heterocycles. The van der Waals surface area contributed by atoms with Crippen LogP contribution in [0.25, 0.3) is 11.0 Å². The minimum Gasteiger partial charge on any atom is -0.297 e. The molecule has 4 saturated carbocycles. The molecular weight excluding hydrogens is 418 g/mol. The standard InChI is InChI=1S/C30H43N3O/c1-19-14-16-29(4)20(18-19)10-11-21-22-12-13-24(30(22,5)17-15-23(21)29)27(34)28(2,3)33-26-9-7-6-8-25(26)31-32-33/h6-9,19-24H,10-18H2,1-5H3/t19?,20?,21?,22?,23?,24-,29?,30+/m1/s1. The van der Waals surface area contributed by atoms with E-state index in [2.05, 4.69) is 44.9 Å². The number of carbonyl (C=O) groups is 1. The van der Waals surface area contributed by atoms with Crippen molar-refractivity contribution in [3.8, 4) is 0 Å². The number of Topliss-reactive ketones (excluding diaryl/α,β-unsaturated/α-hetero) is 1. The van der Waals surface area contributed by atoms with Crippen LogP contribution in [0.2, 0.25) is 0 Å². The number of carbonyl (C=O) groups excluding carboxylic acids is 1. The molecule has 2 aromatic rings. The fraction of sp³-hybridized carbons (Fsp3) is 0.767. The van der Waals surface area contributed by atoms with Crippen LogP contribution in [0.15, 0.2) is 24.3 Å². The maximum absolute atomic E-state index is 14.3. The van der Waals surface area contributed by atoms with Crippen molar-refractivity contribution >= 4 is 16.8 Å². The molecule has 0 radical (unpaired) electrons. The molecule has 6 unspecified atom stereocenters. The predicted molar refractivity (Wildman–Crippen MR) is 136 cm³/mol. The van der Waals surface area contributed by atoms with Gasteiger partial charge in [-0.3, -0.25) is 4.79 Å². The summed E-state index contributed by atoms with van der Waals surface area (Å²) in [5, 5.41) is 8.82. The van der Waals surface area contributed by atoms with Crippen molar-refractivity contribution in [3.63, 3.8) is 0 Å². The van der Waals surface area contributed by atoms with Crippen LogP contribution in [0.1, 0.15) is 92.4 Å². The highest BCUT2D eigenvalue weighted by atomic mass is 16.1. The second kappa shape index (κ2) is 7.64. The number of nitrogens with zero attached hydrogens (tertiary/aromatic N) is 3. The van der Waals surface area contributed by atoms with E-state index in [9.17, 15) is 4.79 Å². The van der Waals surface area contributed by atoms with E-state index in [1.54, 1.807) is 0 Å². The summed E-state index contributed by atoms with van der Waals surface area (Å²) in [4.78, 5) is 14.3. The van der Waals surface area contributed by atoms with Gasteiger partial charge >= 0.3 is 0 Å². The van der Waals surface area contributed by atoms with Gasteiger partial charge in [0, 0.05) is 5.92 Å². The molecular formula is C30H43N3O. The van der Waals surface area contributed by atoms with Crippen LogP contribution in [0, 0.1) is 46.3 Å². The Hall–Kier alpha value is -1.71. The van der Waals surface area contributed by atoms with Crippen LogP contribution in [0.3, 0.4) is 0 Å². The molecule has 8 atom stereocenters. The summed E-state index contributed by atoms with van der Waals surface area (Å²) in [6.07, 6.45) is 12.0. The Bertz CT molecular complexity index is 1100. The fourth-order valence-corrected chi connectivity index (χ4v) is 9.72. The van der Waals surface area contributed by atoms with E-state index in [0.29, 0.717) is 17.1 Å². The Labute approximate surface area is 205 Å². The summed E-state index contributed by atoms with van der Waals surface area (Å²) in [6, 6.07) is 8.02. The van der Waals surface area contributed by atoms with E-state index < -0.39 is 5.54 Å². The highest BCUT2D eigenvalue weighted by Gasteiger charge is 2.62. The number of hydrogen-bond donors (Lipinski definition) is 0. The first-order chi connectivity index (χ1) is 16.2. The number of aromatic nitrogens is 3. The van der Waals surface area contributed by atoms with E-state index in [0.717, 1.165) is 41.1 Å². The molecule has 184 valence electrons. The molecule has 0 N–H and O–H groups in total. The Morgan fingerprint density at radius 3 is 2.53 bits per heavy atom. The average molecular weight is 462 g/mol. The number of fused-ring (bicyclic) bond motifs is 6. The highest BCUT2D eigenvalue weighted by Crippen LogP contribution is 2.68. The zero-order chi connectivity index (χ0) is 23.9. The Morgan fingerprint density at radius 1 is 0.971 bits per heavy atom. The normalized spacial score (nSPS) is 42.1. The minimum atomic E-state index is -0.682. The van der Waals surface area contributed by atoms with Gasteiger partial charge in [0.05, 0.1) is 5.52 Å². The zero-order valence-corrected chi connectivity index (χ0v) is 21.9. The second-order valence-electron chi connectivity index (χ2n) is 13.6. The number of rotatable bonds is 3. The lowest BCUT2D eigenvalue weighted by molar-refractivity contribution is -0.143. The molecule has 0 spiro atoms. The van der Waals surface area contributed by atoms with E-state index >= 15 is 0 Å².